The molecule has 0 saturated carbocycles. The number of rotatable bonds is 7. The van der Waals surface area contributed by atoms with Gasteiger partial charge in [0, 0.05) is 25.7 Å². The largest absolute Gasteiger partial charge is 0.492 e. The topological polar surface area (TPSA) is 48.9 Å². The van der Waals surface area contributed by atoms with Gasteiger partial charge in [-0.3, -0.25) is 9.89 Å². The highest BCUT2D eigenvalue weighted by Crippen LogP contribution is 2.16. The lowest BCUT2D eigenvalue weighted by molar-refractivity contribution is 0.266. The molecule has 0 aliphatic carbocycles. The van der Waals surface area contributed by atoms with Gasteiger partial charge >= 0.3 is 0 Å². The van der Waals surface area contributed by atoms with Crippen molar-refractivity contribution in [1.29, 1.82) is 0 Å². The zero-order valence-electron chi connectivity index (χ0n) is 14.7. The molecule has 25 heavy (non-hydrogen) atoms. The Labute approximate surface area is 165 Å². The van der Waals surface area contributed by atoms with Crippen LogP contribution in [0.2, 0.25) is 0 Å². The SMILES string of the molecule is CCN1CCCC1CNC(=NC)NCCOc1ccc(F)c(F)c1.I. The lowest BCUT2D eigenvalue weighted by Gasteiger charge is -2.24. The third-order valence-corrected chi connectivity index (χ3v) is 4.19. The normalized spacial score (nSPS) is 17.9. The molecule has 2 N–H and O–H groups in total. The lowest BCUT2D eigenvalue weighted by Crippen LogP contribution is -2.45. The van der Waals surface area contributed by atoms with E-state index in [2.05, 4.69) is 27.4 Å². The molecule has 1 unspecified atom stereocenters. The molecule has 1 aromatic carbocycles. The molecule has 0 bridgehead atoms. The standard InChI is InChI=1S/C17H26F2N4O.HI/c1-3-23-9-4-5-13(23)12-22-17(20-2)21-8-10-24-14-6-7-15(18)16(19)11-14;/h6-7,11,13H,3-5,8-10,12H2,1-2H3,(H2,20,21,22);1H. The predicted molar refractivity (Wildman–Crippen MR) is 107 cm³/mol. The maximum Gasteiger partial charge on any atom is 0.191 e. The summed E-state index contributed by atoms with van der Waals surface area (Å²) in [5.74, 6) is -0.761. The summed E-state index contributed by atoms with van der Waals surface area (Å²) < 4.78 is 31.3. The van der Waals surface area contributed by atoms with E-state index in [0.717, 1.165) is 31.8 Å². The van der Waals surface area contributed by atoms with Crippen molar-refractivity contribution >= 4 is 29.9 Å². The molecule has 1 saturated heterocycles. The van der Waals surface area contributed by atoms with Crippen molar-refractivity contribution in [2.24, 2.45) is 4.99 Å². The average Bonchev–Trinajstić information content (AvgIpc) is 3.05. The van der Waals surface area contributed by atoms with Crippen molar-refractivity contribution in [3.63, 3.8) is 0 Å². The molecule has 2 rings (SSSR count). The monoisotopic (exact) mass is 468 g/mol. The Kier molecular flexibility index (Phi) is 10.0. The minimum atomic E-state index is -0.907. The molecule has 1 heterocycles. The molecule has 1 aromatic rings. The highest BCUT2D eigenvalue weighted by Gasteiger charge is 2.22. The van der Waals surface area contributed by atoms with Crippen LogP contribution in [0.25, 0.3) is 0 Å². The van der Waals surface area contributed by atoms with Crippen LogP contribution in [-0.4, -0.2) is 56.7 Å². The summed E-state index contributed by atoms with van der Waals surface area (Å²) in [6, 6.07) is 4.05. The molecule has 5 nitrogen and oxygen atoms in total. The quantitative estimate of drug-likeness (QED) is 0.280. The second kappa shape index (κ2) is 11.5. The smallest absolute Gasteiger partial charge is 0.191 e. The highest BCUT2D eigenvalue weighted by atomic mass is 127. The Bertz CT molecular complexity index is 559. The molecule has 1 aliphatic rings. The van der Waals surface area contributed by atoms with Gasteiger partial charge in [0.1, 0.15) is 12.4 Å². The van der Waals surface area contributed by atoms with Crippen molar-refractivity contribution in [2.75, 3.05) is 39.8 Å². The van der Waals surface area contributed by atoms with Crippen molar-refractivity contribution in [1.82, 2.24) is 15.5 Å². The van der Waals surface area contributed by atoms with Gasteiger partial charge in [-0.15, -0.1) is 24.0 Å². The first kappa shape index (κ1) is 21.9. The second-order valence-corrected chi connectivity index (χ2v) is 5.73. The van der Waals surface area contributed by atoms with E-state index in [1.165, 1.54) is 18.9 Å². The van der Waals surface area contributed by atoms with Gasteiger partial charge < -0.3 is 15.4 Å². The van der Waals surface area contributed by atoms with Crippen LogP contribution in [0.5, 0.6) is 5.75 Å². The third kappa shape index (κ3) is 6.93. The molecular formula is C17H27F2IN4O. The summed E-state index contributed by atoms with van der Waals surface area (Å²) in [5, 5.41) is 6.47. The van der Waals surface area contributed by atoms with E-state index in [4.69, 9.17) is 4.74 Å². The van der Waals surface area contributed by atoms with Crippen LogP contribution in [0.1, 0.15) is 19.8 Å². The van der Waals surface area contributed by atoms with Gasteiger partial charge in [-0.25, -0.2) is 8.78 Å². The van der Waals surface area contributed by atoms with Gasteiger partial charge in [-0.05, 0) is 38.1 Å². The summed E-state index contributed by atoms with van der Waals surface area (Å²) in [5.41, 5.74) is 0. The van der Waals surface area contributed by atoms with Crippen LogP contribution in [0.15, 0.2) is 23.2 Å². The van der Waals surface area contributed by atoms with Gasteiger partial charge in [-0.1, -0.05) is 6.92 Å². The van der Waals surface area contributed by atoms with Crippen LogP contribution >= 0.6 is 24.0 Å². The van der Waals surface area contributed by atoms with Gasteiger partial charge in [0.2, 0.25) is 0 Å². The number of guanidine groups is 1. The number of nitrogens with zero attached hydrogens (tertiary/aromatic N) is 2. The average molecular weight is 468 g/mol. The number of likely N-dealkylation sites (N-methyl/N-ethyl adjacent to an activating group) is 1. The number of nitrogens with one attached hydrogen (secondary N) is 2. The Balaban J connectivity index is 0.00000312. The van der Waals surface area contributed by atoms with Crippen molar-refractivity contribution in [3.05, 3.63) is 29.8 Å². The van der Waals surface area contributed by atoms with Crippen LogP contribution < -0.4 is 15.4 Å². The maximum absolute atomic E-state index is 13.1. The first-order valence-corrected chi connectivity index (χ1v) is 8.40. The molecule has 1 aliphatic heterocycles. The van der Waals surface area contributed by atoms with E-state index < -0.39 is 11.6 Å². The van der Waals surface area contributed by atoms with E-state index in [0.29, 0.717) is 30.9 Å². The Hall–Kier alpha value is -1.16. The van der Waals surface area contributed by atoms with E-state index in [9.17, 15) is 8.78 Å². The molecule has 0 amide bonds. The number of hydrogen-bond donors (Lipinski definition) is 2. The second-order valence-electron chi connectivity index (χ2n) is 5.73. The molecule has 142 valence electrons. The first-order valence-electron chi connectivity index (χ1n) is 8.40. The zero-order valence-corrected chi connectivity index (χ0v) is 17.1. The fraction of sp³-hybridized carbons (Fsp3) is 0.588. The maximum atomic E-state index is 13.1. The fourth-order valence-corrected chi connectivity index (χ4v) is 2.88. The Morgan fingerprint density at radius 2 is 2.12 bits per heavy atom. The number of hydrogen-bond acceptors (Lipinski definition) is 3. The third-order valence-electron chi connectivity index (χ3n) is 4.19. The number of benzene rings is 1. The van der Waals surface area contributed by atoms with Crippen molar-refractivity contribution in [3.8, 4) is 5.75 Å². The van der Waals surface area contributed by atoms with Crippen LogP contribution in [0.3, 0.4) is 0 Å². The van der Waals surface area contributed by atoms with Gasteiger partial charge in [0.15, 0.2) is 17.6 Å². The van der Waals surface area contributed by atoms with Gasteiger partial charge in [0.25, 0.3) is 0 Å². The van der Waals surface area contributed by atoms with E-state index in [-0.39, 0.29) is 24.0 Å². The molecule has 0 aromatic heterocycles. The summed E-state index contributed by atoms with van der Waals surface area (Å²) in [6.45, 7) is 6.12. The lowest BCUT2D eigenvalue weighted by atomic mass is 10.2. The van der Waals surface area contributed by atoms with Crippen molar-refractivity contribution < 1.29 is 13.5 Å². The van der Waals surface area contributed by atoms with Gasteiger partial charge in [-0.2, -0.15) is 0 Å². The Morgan fingerprint density at radius 3 is 2.80 bits per heavy atom. The summed E-state index contributed by atoms with van der Waals surface area (Å²) in [7, 11) is 1.72. The van der Waals surface area contributed by atoms with Crippen LogP contribution in [0.4, 0.5) is 8.78 Å². The zero-order chi connectivity index (χ0) is 17.4. The molecular weight excluding hydrogens is 441 g/mol. The molecule has 1 fully saturated rings. The molecule has 1 atom stereocenters. The predicted octanol–water partition coefficient (Wildman–Crippen LogP) is 2.61. The Morgan fingerprint density at radius 1 is 1.32 bits per heavy atom. The number of likely N-dealkylation sites (tertiary alicyclic amines) is 1. The molecule has 8 heteroatoms. The number of halogens is 3. The minimum absolute atomic E-state index is 0. The molecule has 0 radical (unpaired) electrons. The molecule has 0 spiro atoms. The van der Waals surface area contributed by atoms with Crippen LogP contribution in [-0.2, 0) is 0 Å². The highest BCUT2D eigenvalue weighted by molar-refractivity contribution is 14.0. The van der Waals surface area contributed by atoms with E-state index >= 15 is 0 Å². The van der Waals surface area contributed by atoms with Crippen LogP contribution in [0, 0.1) is 11.6 Å². The first-order chi connectivity index (χ1) is 11.6. The summed E-state index contributed by atoms with van der Waals surface area (Å²) >= 11 is 0. The fourth-order valence-electron chi connectivity index (χ4n) is 2.88. The number of aliphatic imine (C=N–C) groups is 1. The minimum Gasteiger partial charge on any atom is -0.492 e. The number of ether oxygens (including phenoxy) is 1. The van der Waals surface area contributed by atoms with E-state index in [1.54, 1.807) is 7.05 Å². The van der Waals surface area contributed by atoms with E-state index in [1.807, 2.05) is 0 Å². The van der Waals surface area contributed by atoms with Gasteiger partial charge in [0.05, 0.1) is 6.54 Å². The summed E-state index contributed by atoms with van der Waals surface area (Å²) in [6.07, 6.45) is 2.45. The summed E-state index contributed by atoms with van der Waals surface area (Å²) in [4.78, 5) is 6.65. The van der Waals surface area contributed by atoms with Crippen molar-refractivity contribution in [2.45, 2.75) is 25.8 Å².